The van der Waals surface area contributed by atoms with Crippen LogP contribution in [0.4, 0.5) is 0 Å². The van der Waals surface area contributed by atoms with Crippen LogP contribution in [-0.4, -0.2) is 57.7 Å². The van der Waals surface area contributed by atoms with Crippen LogP contribution in [0.5, 0.6) is 5.75 Å². The van der Waals surface area contributed by atoms with Crippen molar-refractivity contribution in [3.63, 3.8) is 0 Å². The molecule has 2 aromatic carbocycles. The Morgan fingerprint density at radius 1 is 1.12 bits per heavy atom. The summed E-state index contributed by atoms with van der Waals surface area (Å²) in [7, 11) is 0. The molecule has 1 unspecified atom stereocenters. The summed E-state index contributed by atoms with van der Waals surface area (Å²) in [6.45, 7) is 3.27. The smallest absolute Gasteiger partial charge is 0.138 e. The van der Waals surface area contributed by atoms with E-state index in [1.807, 2.05) is 12.1 Å². The number of hydrogen-bond donors (Lipinski definition) is 5. The number of allylic oxidation sites excluding steroid dienone is 1. The van der Waals surface area contributed by atoms with Gasteiger partial charge in [-0.3, -0.25) is 4.99 Å². The Hall–Kier alpha value is -2.72. The SMILES string of the molecule is C=C(C=N/C=C\N)Oc1ccc(Cc2cc([C@@H]3O[C@H](CO)[C@@H](O)C(O)[C@H]3O)ccc2Cl)cc1. The first-order chi connectivity index (χ1) is 15.8. The molecule has 0 radical (unpaired) electrons. The maximum atomic E-state index is 10.4. The fourth-order valence-corrected chi connectivity index (χ4v) is 3.72. The van der Waals surface area contributed by atoms with Crippen LogP contribution < -0.4 is 10.5 Å². The molecular formula is C24H27ClN2O6. The van der Waals surface area contributed by atoms with Crippen molar-refractivity contribution in [2.75, 3.05) is 6.61 Å². The van der Waals surface area contributed by atoms with Crippen LogP contribution in [0.3, 0.4) is 0 Å². The van der Waals surface area contributed by atoms with Gasteiger partial charge in [0.1, 0.15) is 42.0 Å². The molecule has 0 saturated carbocycles. The Bertz CT molecular complexity index is 1010. The second-order valence-corrected chi connectivity index (χ2v) is 8.02. The van der Waals surface area contributed by atoms with Crippen molar-refractivity contribution < 1.29 is 29.9 Å². The average molecular weight is 475 g/mol. The zero-order chi connectivity index (χ0) is 24.0. The van der Waals surface area contributed by atoms with E-state index in [0.29, 0.717) is 28.5 Å². The normalized spacial score (nSPS) is 25.5. The number of hydrogen-bond acceptors (Lipinski definition) is 8. The minimum Gasteiger partial charge on any atom is -0.456 e. The maximum absolute atomic E-state index is 10.4. The van der Waals surface area contributed by atoms with Crippen molar-refractivity contribution in [3.05, 3.63) is 88.9 Å². The lowest BCUT2D eigenvalue weighted by molar-refractivity contribution is -0.231. The molecule has 5 atom stereocenters. The van der Waals surface area contributed by atoms with Crippen LogP contribution in [0.15, 0.2) is 72.2 Å². The number of halogens is 1. The number of rotatable bonds is 8. The number of nitrogens with zero attached hydrogens (tertiary/aromatic N) is 1. The molecule has 2 aromatic rings. The van der Waals surface area contributed by atoms with E-state index in [1.54, 1.807) is 30.3 Å². The quantitative estimate of drug-likeness (QED) is 0.290. The third-order valence-electron chi connectivity index (χ3n) is 5.25. The first-order valence-corrected chi connectivity index (χ1v) is 10.7. The van der Waals surface area contributed by atoms with E-state index in [4.69, 9.17) is 26.8 Å². The van der Waals surface area contributed by atoms with E-state index in [1.165, 1.54) is 18.6 Å². The van der Waals surface area contributed by atoms with Gasteiger partial charge in [-0.15, -0.1) is 0 Å². The number of aliphatic imine (C=N–C) groups is 1. The van der Waals surface area contributed by atoms with E-state index in [2.05, 4.69) is 11.6 Å². The Kier molecular flexibility index (Phi) is 8.62. The Labute approximate surface area is 196 Å². The molecule has 0 spiro atoms. The Morgan fingerprint density at radius 3 is 2.52 bits per heavy atom. The largest absolute Gasteiger partial charge is 0.456 e. The minimum absolute atomic E-state index is 0.358. The highest BCUT2D eigenvalue weighted by Crippen LogP contribution is 2.34. The fraction of sp³-hybridized carbons (Fsp3) is 0.292. The predicted octanol–water partition coefficient (Wildman–Crippen LogP) is 1.84. The van der Waals surface area contributed by atoms with Crippen LogP contribution in [0.2, 0.25) is 5.02 Å². The van der Waals surface area contributed by atoms with Gasteiger partial charge >= 0.3 is 0 Å². The van der Waals surface area contributed by atoms with Crippen molar-refractivity contribution in [1.29, 1.82) is 0 Å². The molecule has 9 heteroatoms. The summed E-state index contributed by atoms with van der Waals surface area (Å²) in [5.41, 5.74) is 7.53. The molecule has 6 N–H and O–H groups in total. The molecule has 1 saturated heterocycles. The van der Waals surface area contributed by atoms with E-state index < -0.39 is 37.1 Å². The lowest BCUT2D eigenvalue weighted by atomic mass is 9.90. The first kappa shape index (κ1) is 24.9. The van der Waals surface area contributed by atoms with Gasteiger partial charge in [0.15, 0.2) is 0 Å². The molecule has 3 rings (SSSR count). The van der Waals surface area contributed by atoms with Crippen LogP contribution in [0.25, 0.3) is 0 Å². The average Bonchev–Trinajstić information content (AvgIpc) is 2.81. The third-order valence-corrected chi connectivity index (χ3v) is 5.62. The van der Waals surface area contributed by atoms with Gasteiger partial charge < -0.3 is 35.6 Å². The highest BCUT2D eigenvalue weighted by Gasteiger charge is 2.44. The zero-order valence-electron chi connectivity index (χ0n) is 17.8. The molecule has 0 bridgehead atoms. The van der Waals surface area contributed by atoms with Crippen molar-refractivity contribution in [3.8, 4) is 5.75 Å². The van der Waals surface area contributed by atoms with E-state index in [9.17, 15) is 20.4 Å². The van der Waals surface area contributed by atoms with Gasteiger partial charge in [0, 0.05) is 17.4 Å². The van der Waals surface area contributed by atoms with Crippen LogP contribution in [-0.2, 0) is 11.2 Å². The number of aliphatic hydroxyl groups excluding tert-OH is 4. The number of nitrogens with two attached hydrogens (primary N) is 1. The molecule has 1 heterocycles. The fourth-order valence-electron chi connectivity index (χ4n) is 3.53. The van der Waals surface area contributed by atoms with Crippen molar-refractivity contribution in [1.82, 2.24) is 0 Å². The zero-order valence-corrected chi connectivity index (χ0v) is 18.5. The molecule has 1 fully saturated rings. The summed E-state index contributed by atoms with van der Waals surface area (Å²) >= 11 is 6.39. The van der Waals surface area contributed by atoms with E-state index in [-0.39, 0.29) is 0 Å². The van der Waals surface area contributed by atoms with Gasteiger partial charge in [0.25, 0.3) is 0 Å². The van der Waals surface area contributed by atoms with Crippen molar-refractivity contribution in [2.24, 2.45) is 10.7 Å². The standard InChI is InChI=1S/C24H27ClN2O6/c1-14(12-27-9-8-26)32-18-5-2-15(3-6-18)10-17-11-16(4-7-19(17)25)24-23(31)22(30)21(29)20(13-28)33-24/h2-9,11-12,20-24,28-31H,1,10,13,26H2/b9-8-,27-12?/t20-,21-,22?,23-,24+/m1/s1. The summed E-state index contributed by atoms with van der Waals surface area (Å²) in [6.07, 6.45) is -1.46. The van der Waals surface area contributed by atoms with Gasteiger partial charge in [0.2, 0.25) is 0 Å². The molecular weight excluding hydrogens is 448 g/mol. The summed E-state index contributed by atoms with van der Waals surface area (Å²) in [5.74, 6) is 0.948. The Balaban J connectivity index is 1.73. The highest BCUT2D eigenvalue weighted by atomic mass is 35.5. The topological polar surface area (TPSA) is 138 Å². The molecule has 0 aliphatic carbocycles. The monoisotopic (exact) mass is 474 g/mol. The second kappa shape index (κ2) is 11.4. The van der Waals surface area contributed by atoms with Gasteiger partial charge in [-0.05, 0) is 41.3 Å². The highest BCUT2D eigenvalue weighted by molar-refractivity contribution is 6.31. The Morgan fingerprint density at radius 2 is 1.85 bits per heavy atom. The van der Waals surface area contributed by atoms with Crippen molar-refractivity contribution >= 4 is 17.8 Å². The van der Waals surface area contributed by atoms with E-state index >= 15 is 0 Å². The van der Waals surface area contributed by atoms with E-state index in [0.717, 1.165) is 11.1 Å². The van der Waals surface area contributed by atoms with Gasteiger partial charge in [-0.1, -0.05) is 42.4 Å². The van der Waals surface area contributed by atoms with Crippen molar-refractivity contribution in [2.45, 2.75) is 36.9 Å². The number of benzene rings is 2. The second-order valence-electron chi connectivity index (χ2n) is 7.61. The van der Waals surface area contributed by atoms with Crippen LogP contribution in [0.1, 0.15) is 22.8 Å². The molecule has 33 heavy (non-hydrogen) atoms. The summed E-state index contributed by atoms with van der Waals surface area (Å²) < 4.78 is 11.2. The van der Waals surface area contributed by atoms with Gasteiger partial charge in [0.05, 0.1) is 12.8 Å². The minimum atomic E-state index is -1.45. The molecule has 0 amide bonds. The lowest BCUT2D eigenvalue weighted by Crippen LogP contribution is -2.55. The van der Waals surface area contributed by atoms with Gasteiger partial charge in [-0.25, -0.2) is 0 Å². The number of ether oxygens (including phenoxy) is 2. The lowest BCUT2D eigenvalue weighted by Gasteiger charge is -2.40. The summed E-state index contributed by atoms with van der Waals surface area (Å²) in [5, 5.41) is 40.4. The molecule has 1 aliphatic rings. The molecule has 1 aliphatic heterocycles. The van der Waals surface area contributed by atoms with Gasteiger partial charge in [-0.2, -0.15) is 0 Å². The van der Waals surface area contributed by atoms with Crippen LogP contribution >= 0.6 is 11.6 Å². The van der Waals surface area contributed by atoms with Crippen LogP contribution in [0, 0.1) is 0 Å². The molecule has 8 nitrogen and oxygen atoms in total. The maximum Gasteiger partial charge on any atom is 0.138 e. The first-order valence-electron chi connectivity index (χ1n) is 10.3. The third kappa shape index (κ3) is 6.20. The number of aliphatic hydroxyl groups is 4. The molecule has 0 aromatic heterocycles. The molecule has 176 valence electrons. The predicted molar refractivity (Wildman–Crippen MR) is 125 cm³/mol. The summed E-state index contributed by atoms with van der Waals surface area (Å²) in [4.78, 5) is 3.90. The summed E-state index contributed by atoms with van der Waals surface area (Å²) in [6, 6.07) is 12.5.